The molecule has 156 valence electrons. The van der Waals surface area contributed by atoms with Crippen molar-refractivity contribution in [3.05, 3.63) is 100 Å². The zero-order valence-corrected chi connectivity index (χ0v) is 17.8. The van der Waals surface area contributed by atoms with Crippen LogP contribution >= 0.6 is 0 Å². The van der Waals surface area contributed by atoms with Gasteiger partial charge in [-0.2, -0.15) is 0 Å². The topological polar surface area (TPSA) is 70.5 Å². The summed E-state index contributed by atoms with van der Waals surface area (Å²) < 4.78 is 0. The average Bonchev–Trinajstić information content (AvgIpc) is 3.06. The van der Waals surface area contributed by atoms with Crippen LogP contribution in [0.3, 0.4) is 0 Å². The number of hydrogen-bond acceptors (Lipinski definition) is 4. The highest BCUT2D eigenvalue weighted by atomic mass is 16.3. The molecule has 0 saturated carbocycles. The van der Waals surface area contributed by atoms with Gasteiger partial charge < -0.3 is 5.11 Å². The maximum absolute atomic E-state index is 13.1. The lowest BCUT2D eigenvalue weighted by molar-refractivity contribution is -0.132. The minimum absolute atomic E-state index is 0.0821. The molecule has 1 saturated heterocycles. The summed E-state index contributed by atoms with van der Waals surface area (Å²) in [6, 6.07) is 15.8. The summed E-state index contributed by atoms with van der Waals surface area (Å²) in [5.74, 6) is -1.52. The van der Waals surface area contributed by atoms with Crippen molar-refractivity contribution < 1.29 is 14.7 Å². The van der Waals surface area contributed by atoms with Gasteiger partial charge in [-0.25, -0.2) is 0 Å². The Morgan fingerprint density at radius 2 is 1.65 bits per heavy atom. The quantitative estimate of drug-likeness (QED) is 0.376. The summed E-state index contributed by atoms with van der Waals surface area (Å²) in [4.78, 5) is 31.8. The van der Waals surface area contributed by atoms with Gasteiger partial charge in [-0.05, 0) is 66.8 Å². The van der Waals surface area contributed by atoms with E-state index in [1.165, 1.54) is 4.90 Å². The van der Waals surface area contributed by atoms with Gasteiger partial charge in [0.15, 0.2) is 0 Å². The maximum Gasteiger partial charge on any atom is 0.300 e. The summed E-state index contributed by atoms with van der Waals surface area (Å²) in [6.07, 6.45) is 4.10. The van der Waals surface area contributed by atoms with Gasteiger partial charge >= 0.3 is 0 Å². The van der Waals surface area contributed by atoms with E-state index in [1.807, 2.05) is 51.1 Å². The molecular weight excluding hydrogens is 388 g/mol. The van der Waals surface area contributed by atoms with Gasteiger partial charge in [0.2, 0.25) is 0 Å². The molecule has 1 N–H and O–H groups in total. The number of Topliss-reactive ketones (excluding diaryl/α,β-unsaturated/α-hetero) is 1. The van der Waals surface area contributed by atoms with E-state index in [0.717, 1.165) is 23.1 Å². The van der Waals surface area contributed by atoms with Crippen molar-refractivity contribution in [2.45, 2.75) is 33.2 Å². The maximum atomic E-state index is 13.1. The van der Waals surface area contributed by atoms with Gasteiger partial charge in [0.25, 0.3) is 11.7 Å². The molecule has 1 atom stereocenters. The van der Waals surface area contributed by atoms with Crippen LogP contribution in [-0.4, -0.2) is 21.8 Å². The van der Waals surface area contributed by atoms with Crippen LogP contribution < -0.4 is 4.90 Å². The van der Waals surface area contributed by atoms with E-state index in [4.69, 9.17) is 0 Å². The van der Waals surface area contributed by atoms with Crippen molar-refractivity contribution in [1.29, 1.82) is 0 Å². The SMILES string of the molecule is CCc1ccc(/C(O)=C2\C(=O)C(=O)N(c3ccc(C)c(C)c3)C2c2ccncc2)cc1. The van der Waals surface area contributed by atoms with Crippen LogP contribution in [-0.2, 0) is 16.0 Å². The van der Waals surface area contributed by atoms with Crippen molar-refractivity contribution in [3.63, 3.8) is 0 Å². The van der Waals surface area contributed by atoms with Crippen molar-refractivity contribution in [1.82, 2.24) is 4.98 Å². The number of aromatic nitrogens is 1. The van der Waals surface area contributed by atoms with Crippen LogP contribution in [0.1, 0.15) is 40.8 Å². The van der Waals surface area contributed by atoms with Gasteiger partial charge in [-0.1, -0.05) is 37.3 Å². The Balaban J connectivity index is 1.92. The largest absolute Gasteiger partial charge is 0.507 e. The third kappa shape index (κ3) is 3.63. The lowest BCUT2D eigenvalue weighted by Gasteiger charge is -2.26. The molecule has 4 rings (SSSR count). The molecule has 1 aromatic heterocycles. The van der Waals surface area contributed by atoms with E-state index in [2.05, 4.69) is 4.98 Å². The number of pyridine rings is 1. The highest BCUT2D eigenvalue weighted by molar-refractivity contribution is 6.51. The van der Waals surface area contributed by atoms with Gasteiger partial charge in [0.1, 0.15) is 5.76 Å². The van der Waals surface area contributed by atoms with E-state index in [1.54, 1.807) is 36.7 Å². The molecule has 2 heterocycles. The molecule has 1 aliphatic heterocycles. The minimum atomic E-state index is -0.740. The molecular formula is C26H24N2O3. The molecule has 5 nitrogen and oxygen atoms in total. The summed E-state index contributed by atoms with van der Waals surface area (Å²) in [6.45, 7) is 6.01. The third-order valence-corrected chi connectivity index (χ3v) is 5.87. The van der Waals surface area contributed by atoms with E-state index in [9.17, 15) is 14.7 Å². The number of anilines is 1. The van der Waals surface area contributed by atoms with Crippen molar-refractivity contribution in [2.24, 2.45) is 0 Å². The Morgan fingerprint density at radius 1 is 0.968 bits per heavy atom. The summed E-state index contributed by atoms with van der Waals surface area (Å²) in [7, 11) is 0. The number of hydrogen-bond donors (Lipinski definition) is 1. The number of benzene rings is 2. The first-order chi connectivity index (χ1) is 14.9. The van der Waals surface area contributed by atoms with Crippen LogP contribution in [0, 0.1) is 13.8 Å². The Hall–Kier alpha value is -3.73. The molecule has 2 aromatic carbocycles. The molecule has 0 aliphatic carbocycles. The first-order valence-corrected chi connectivity index (χ1v) is 10.3. The fourth-order valence-electron chi connectivity index (χ4n) is 3.89. The van der Waals surface area contributed by atoms with Crippen LogP contribution in [0.25, 0.3) is 5.76 Å². The Bertz CT molecular complexity index is 1180. The molecule has 31 heavy (non-hydrogen) atoms. The van der Waals surface area contributed by atoms with E-state index in [0.29, 0.717) is 16.8 Å². The molecule has 3 aromatic rings. The first-order valence-electron chi connectivity index (χ1n) is 10.3. The average molecular weight is 412 g/mol. The first kappa shape index (κ1) is 20.5. The second kappa shape index (κ2) is 8.19. The predicted octanol–water partition coefficient (Wildman–Crippen LogP) is 4.89. The van der Waals surface area contributed by atoms with Crippen LogP contribution in [0.15, 0.2) is 72.6 Å². The summed E-state index contributed by atoms with van der Waals surface area (Å²) >= 11 is 0. The summed E-state index contributed by atoms with van der Waals surface area (Å²) in [5, 5.41) is 11.1. The number of carbonyl (C=O) groups is 2. The molecule has 1 aliphatic rings. The molecule has 0 bridgehead atoms. The number of aryl methyl sites for hydroxylation is 3. The van der Waals surface area contributed by atoms with Gasteiger partial charge in [-0.3, -0.25) is 19.5 Å². The second-order valence-corrected chi connectivity index (χ2v) is 7.77. The van der Waals surface area contributed by atoms with Gasteiger partial charge in [-0.15, -0.1) is 0 Å². The number of aliphatic hydroxyl groups excluding tert-OH is 1. The zero-order valence-electron chi connectivity index (χ0n) is 17.8. The van der Waals surface area contributed by atoms with Crippen molar-refractivity contribution in [2.75, 3.05) is 4.90 Å². The second-order valence-electron chi connectivity index (χ2n) is 7.77. The highest BCUT2D eigenvalue weighted by Gasteiger charge is 2.47. The molecule has 5 heteroatoms. The predicted molar refractivity (Wildman–Crippen MR) is 121 cm³/mol. The number of nitrogens with zero attached hydrogens (tertiary/aromatic N) is 2. The monoisotopic (exact) mass is 412 g/mol. The van der Waals surface area contributed by atoms with Gasteiger partial charge in [0.05, 0.1) is 11.6 Å². The molecule has 1 unspecified atom stereocenters. The lowest BCUT2D eigenvalue weighted by Crippen LogP contribution is -2.29. The smallest absolute Gasteiger partial charge is 0.300 e. The van der Waals surface area contributed by atoms with E-state index < -0.39 is 17.7 Å². The van der Waals surface area contributed by atoms with E-state index >= 15 is 0 Å². The highest BCUT2D eigenvalue weighted by Crippen LogP contribution is 2.42. The fourth-order valence-corrected chi connectivity index (χ4v) is 3.89. The zero-order chi connectivity index (χ0) is 22.1. The molecule has 0 spiro atoms. The van der Waals surface area contributed by atoms with Crippen molar-refractivity contribution in [3.8, 4) is 0 Å². The Kier molecular flexibility index (Phi) is 5.42. The number of ketones is 1. The third-order valence-electron chi connectivity index (χ3n) is 5.87. The van der Waals surface area contributed by atoms with Crippen molar-refractivity contribution >= 4 is 23.1 Å². The standard InChI is InChI=1S/C26H24N2O3/c1-4-18-6-8-20(9-7-18)24(29)22-23(19-11-13-27-14-12-19)28(26(31)25(22)30)21-10-5-16(2)17(3)15-21/h5-15,23,29H,4H2,1-3H3/b24-22+. The van der Waals surface area contributed by atoms with Crippen LogP contribution in [0.4, 0.5) is 5.69 Å². The molecule has 1 fully saturated rings. The number of rotatable bonds is 4. The normalized spacial score (nSPS) is 17.9. The molecule has 0 radical (unpaired) electrons. The van der Waals surface area contributed by atoms with Gasteiger partial charge in [0, 0.05) is 23.6 Å². The Morgan fingerprint density at radius 3 is 2.26 bits per heavy atom. The number of aliphatic hydroxyl groups is 1. The van der Waals surface area contributed by atoms with Crippen LogP contribution in [0.2, 0.25) is 0 Å². The van der Waals surface area contributed by atoms with Crippen LogP contribution in [0.5, 0.6) is 0 Å². The minimum Gasteiger partial charge on any atom is -0.507 e. The lowest BCUT2D eigenvalue weighted by atomic mass is 9.95. The fraction of sp³-hybridized carbons (Fsp3) is 0.192. The summed E-state index contributed by atoms with van der Waals surface area (Å²) in [5.41, 5.74) is 5.15. The Labute approximate surface area is 181 Å². The number of carbonyl (C=O) groups excluding carboxylic acids is 2. The number of amides is 1. The van der Waals surface area contributed by atoms with E-state index in [-0.39, 0.29) is 11.3 Å². The molecule has 1 amide bonds.